The topological polar surface area (TPSA) is 155 Å². The number of carbonyl (C=O) groups excluding carboxylic acids is 2. The van der Waals surface area contributed by atoms with Crippen molar-refractivity contribution in [2.24, 2.45) is 0 Å². The third kappa shape index (κ3) is 7.19. The number of Topliss-reactive ketones (excluding diaryl/α,β-unsaturated/α-hetero) is 1. The van der Waals surface area contributed by atoms with E-state index in [0.717, 1.165) is 0 Å². The van der Waals surface area contributed by atoms with E-state index in [1.54, 1.807) is 20.8 Å². The first-order valence-electron chi connectivity index (χ1n) is 11.6. The average molecular weight is 558 g/mol. The minimum Gasteiger partial charge on any atom is -0.472 e. The Kier molecular flexibility index (Phi) is 8.80. The third-order valence-electron chi connectivity index (χ3n) is 5.50. The number of nitrogens with zero attached hydrogens (tertiary/aromatic N) is 6. The van der Waals surface area contributed by atoms with Crippen molar-refractivity contribution in [3.05, 3.63) is 32.3 Å². The first-order valence-corrected chi connectivity index (χ1v) is 12.3. The molecule has 3 heterocycles. The van der Waals surface area contributed by atoms with Crippen molar-refractivity contribution in [3.63, 3.8) is 0 Å². The Morgan fingerprint density at radius 3 is 2.70 bits per heavy atom. The molecule has 0 radical (unpaired) electrons. The highest BCUT2D eigenvalue weighted by Gasteiger charge is 2.37. The standard InChI is InChI=1S/C22H29Cl2N7O6/c1-12(26-18-14(23)10-25-20(24)27-18)7-9-36-19-17(31(34)35)13(2)30(28-19)15-6-8-29(11-16(15)32)21(33)37-22(3,4)5/h10,12,15H,6-9,11H2,1-5H3,(H,25,26,27)/t12-,15?/m1/s1. The normalized spacial score (nSPS) is 16.9. The number of anilines is 1. The fourth-order valence-electron chi connectivity index (χ4n) is 3.73. The molecule has 3 rings (SSSR count). The Morgan fingerprint density at radius 2 is 2.08 bits per heavy atom. The Balaban J connectivity index is 1.66. The Morgan fingerprint density at radius 1 is 1.38 bits per heavy atom. The minimum atomic E-state index is -0.764. The molecular weight excluding hydrogens is 529 g/mol. The van der Waals surface area contributed by atoms with Crippen LogP contribution in [0.4, 0.5) is 16.3 Å². The lowest BCUT2D eigenvalue weighted by atomic mass is 10.0. The first kappa shape index (κ1) is 28.4. The number of halogens is 2. The van der Waals surface area contributed by atoms with Gasteiger partial charge in [0.05, 0.1) is 24.3 Å². The fraction of sp³-hybridized carbons (Fsp3) is 0.591. The van der Waals surface area contributed by atoms with Crippen LogP contribution < -0.4 is 10.1 Å². The van der Waals surface area contributed by atoms with Gasteiger partial charge in [-0.3, -0.25) is 14.9 Å². The van der Waals surface area contributed by atoms with Gasteiger partial charge in [-0.05, 0) is 52.6 Å². The highest BCUT2D eigenvalue weighted by atomic mass is 35.5. The van der Waals surface area contributed by atoms with E-state index in [1.807, 2.05) is 6.92 Å². The van der Waals surface area contributed by atoms with Gasteiger partial charge in [-0.2, -0.15) is 4.98 Å². The molecule has 1 aliphatic heterocycles. The quantitative estimate of drug-likeness (QED) is 0.283. The van der Waals surface area contributed by atoms with Crippen LogP contribution in [0.1, 0.15) is 52.3 Å². The maximum absolute atomic E-state index is 12.9. The van der Waals surface area contributed by atoms with Crippen LogP contribution in [-0.2, 0) is 9.53 Å². The summed E-state index contributed by atoms with van der Waals surface area (Å²) in [6.07, 6.45) is 1.45. The molecule has 0 aliphatic carbocycles. The zero-order valence-corrected chi connectivity index (χ0v) is 22.7. The van der Waals surface area contributed by atoms with Crippen molar-refractivity contribution in [1.29, 1.82) is 0 Å². The molecule has 0 bridgehead atoms. The molecule has 13 nitrogen and oxygen atoms in total. The lowest BCUT2D eigenvalue weighted by molar-refractivity contribution is -0.386. The van der Waals surface area contributed by atoms with Gasteiger partial charge in [0.2, 0.25) is 5.28 Å². The van der Waals surface area contributed by atoms with Gasteiger partial charge in [-0.25, -0.2) is 14.5 Å². The number of hydrogen-bond acceptors (Lipinski definition) is 10. The van der Waals surface area contributed by atoms with Crippen LogP contribution >= 0.6 is 23.2 Å². The van der Waals surface area contributed by atoms with Crippen molar-refractivity contribution < 1.29 is 24.0 Å². The van der Waals surface area contributed by atoms with Crippen molar-refractivity contribution in [2.75, 3.05) is 25.0 Å². The lowest BCUT2D eigenvalue weighted by Gasteiger charge is -2.32. The summed E-state index contributed by atoms with van der Waals surface area (Å²) in [7, 11) is 0. The second-order valence-electron chi connectivity index (χ2n) is 9.63. The van der Waals surface area contributed by atoms with Crippen LogP contribution in [-0.4, -0.2) is 72.8 Å². The van der Waals surface area contributed by atoms with Gasteiger partial charge in [0, 0.05) is 19.0 Å². The SMILES string of the molecule is Cc1c([N+](=O)[O-])c(OCC[C@@H](C)Nc2nc(Cl)ncc2Cl)nn1C1CCN(C(=O)OC(C)(C)C)CC1=O. The number of nitro groups is 1. The highest BCUT2D eigenvalue weighted by molar-refractivity contribution is 6.33. The van der Waals surface area contributed by atoms with Gasteiger partial charge in [0.15, 0.2) is 5.78 Å². The first-order chi connectivity index (χ1) is 17.3. The van der Waals surface area contributed by atoms with E-state index in [9.17, 15) is 19.7 Å². The lowest BCUT2D eigenvalue weighted by Crippen LogP contribution is -2.47. The van der Waals surface area contributed by atoms with Gasteiger partial charge in [0.1, 0.15) is 28.2 Å². The van der Waals surface area contributed by atoms with Gasteiger partial charge in [-0.15, -0.1) is 5.10 Å². The Bertz CT molecular complexity index is 1180. The summed E-state index contributed by atoms with van der Waals surface area (Å²) >= 11 is 11.9. The van der Waals surface area contributed by atoms with Crippen molar-refractivity contribution in [3.8, 4) is 5.88 Å². The zero-order valence-electron chi connectivity index (χ0n) is 21.2. The largest absolute Gasteiger partial charge is 0.472 e. The smallest absolute Gasteiger partial charge is 0.410 e. The van der Waals surface area contributed by atoms with Crippen molar-refractivity contribution >= 4 is 46.6 Å². The molecule has 1 saturated heterocycles. The molecule has 1 fully saturated rings. The maximum Gasteiger partial charge on any atom is 0.410 e. The highest BCUT2D eigenvalue weighted by Crippen LogP contribution is 2.34. The van der Waals surface area contributed by atoms with Gasteiger partial charge in [0.25, 0.3) is 0 Å². The van der Waals surface area contributed by atoms with Crippen molar-refractivity contribution in [1.82, 2.24) is 24.6 Å². The summed E-state index contributed by atoms with van der Waals surface area (Å²) < 4.78 is 12.3. The zero-order chi connectivity index (χ0) is 27.5. The molecule has 0 aromatic carbocycles. The molecule has 1 aliphatic rings. The summed E-state index contributed by atoms with van der Waals surface area (Å²) in [6.45, 7) is 8.74. The number of rotatable bonds is 8. The van der Waals surface area contributed by atoms with E-state index in [2.05, 4.69) is 20.4 Å². The van der Waals surface area contributed by atoms with E-state index < -0.39 is 22.7 Å². The number of nitrogens with one attached hydrogen (secondary N) is 1. The van der Waals surface area contributed by atoms with Gasteiger partial charge < -0.3 is 19.7 Å². The van der Waals surface area contributed by atoms with Crippen LogP contribution in [0.2, 0.25) is 10.3 Å². The fourth-order valence-corrected chi connectivity index (χ4v) is 4.01. The van der Waals surface area contributed by atoms with Gasteiger partial charge in [-0.1, -0.05) is 11.6 Å². The van der Waals surface area contributed by atoms with E-state index in [4.69, 9.17) is 32.7 Å². The molecular formula is C22H29Cl2N7O6. The molecule has 2 atom stereocenters. The second kappa shape index (κ2) is 11.5. The maximum atomic E-state index is 12.9. The van der Waals surface area contributed by atoms with Crippen LogP contribution in [0.5, 0.6) is 5.88 Å². The predicted octanol–water partition coefficient (Wildman–Crippen LogP) is 4.22. The molecule has 2 aromatic heterocycles. The van der Waals surface area contributed by atoms with Crippen LogP contribution in [0, 0.1) is 17.0 Å². The number of amides is 1. The minimum absolute atomic E-state index is 0.0402. The van der Waals surface area contributed by atoms with E-state index in [1.165, 1.54) is 22.7 Å². The molecule has 1 amide bonds. The Hall–Kier alpha value is -3.19. The number of hydrogen-bond donors (Lipinski definition) is 1. The average Bonchev–Trinajstić information content (AvgIpc) is 3.11. The van der Waals surface area contributed by atoms with E-state index >= 15 is 0 Å². The monoisotopic (exact) mass is 557 g/mol. The number of carbonyl (C=O) groups is 2. The molecule has 1 N–H and O–H groups in total. The number of piperidine rings is 1. The Labute approximate surface area is 223 Å². The molecule has 15 heteroatoms. The summed E-state index contributed by atoms with van der Waals surface area (Å²) in [5, 5.41) is 19.4. The van der Waals surface area contributed by atoms with Crippen LogP contribution in [0.3, 0.4) is 0 Å². The molecule has 0 spiro atoms. The second-order valence-corrected chi connectivity index (χ2v) is 10.4. The number of aromatic nitrogens is 4. The number of ketones is 1. The van der Waals surface area contributed by atoms with Crippen LogP contribution in [0.15, 0.2) is 6.20 Å². The summed E-state index contributed by atoms with van der Waals surface area (Å²) in [6, 6.07) is -0.940. The predicted molar refractivity (Wildman–Crippen MR) is 135 cm³/mol. The summed E-state index contributed by atoms with van der Waals surface area (Å²) in [5.41, 5.74) is -0.810. The summed E-state index contributed by atoms with van der Waals surface area (Å²) in [5.74, 6) is -0.126. The van der Waals surface area contributed by atoms with E-state index in [-0.39, 0.29) is 60.5 Å². The molecule has 2 aromatic rings. The van der Waals surface area contributed by atoms with Crippen LogP contribution in [0.25, 0.3) is 0 Å². The number of likely N-dealkylation sites (tertiary alicyclic amines) is 1. The molecule has 202 valence electrons. The summed E-state index contributed by atoms with van der Waals surface area (Å²) in [4.78, 5) is 45.5. The van der Waals surface area contributed by atoms with E-state index in [0.29, 0.717) is 17.3 Å². The molecule has 37 heavy (non-hydrogen) atoms. The van der Waals surface area contributed by atoms with Crippen molar-refractivity contribution in [2.45, 2.75) is 65.1 Å². The third-order valence-corrected chi connectivity index (χ3v) is 5.95. The number of ether oxygens (including phenoxy) is 2. The van der Waals surface area contributed by atoms with Gasteiger partial charge >= 0.3 is 17.7 Å². The molecule has 1 unspecified atom stereocenters. The molecule has 0 saturated carbocycles.